The number of nitrogens with zero attached hydrogens (tertiary/aromatic N) is 3. The summed E-state index contributed by atoms with van der Waals surface area (Å²) < 4.78 is 14.1. The minimum atomic E-state index is -0.689. The number of hydrazine groups is 3. The molecule has 1 saturated carbocycles. The van der Waals surface area contributed by atoms with E-state index in [0.717, 1.165) is 50.5 Å². The summed E-state index contributed by atoms with van der Waals surface area (Å²) in [6, 6.07) is 11.8. The van der Waals surface area contributed by atoms with E-state index in [1.807, 2.05) is 36.2 Å². The molecule has 5 rings (SSSR count). The van der Waals surface area contributed by atoms with Crippen molar-refractivity contribution in [2.24, 2.45) is 16.3 Å². The quantitative estimate of drug-likeness (QED) is 0.294. The van der Waals surface area contributed by atoms with Crippen LogP contribution in [0.2, 0.25) is 5.02 Å². The maximum atomic E-state index is 14.4. The van der Waals surface area contributed by atoms with Crippen molar-refractivity contribution in [3.05, 3.63) is 70.0 Å². The Bertz CT molecular complexity index is 1390. The van der Waals surface area contributed by atoms with E-state index in [4.69, 9.17) is 16.6 Å². The molecule has 9 nitrogen and oxygen atoms in total. The Morgan fingerprint density at radius 3 is 2.48 bits per heavy atom. The summed E-state index contributed by atoms with van der Waals surface area (Å²) in [4.78, 5) is 34.5. The number of carbonyl (C=O) groups excluding carboxylic acids is 2. The highest BCUT2D eigenvalue weighted by Gasteiger charge is 2.52. The molecule has 0 aromatic heterocycles. The lowest BCUT2D eigenvalue weighted by atomic mass is 9.69. The van der Waals surface area contributed by atoms with Crippen molar-refractivity contribution < 1.29 is 14.0 Å². The summed E-state index contributed by atoms with van der Waals surface area (Å²) in [7, 11) is 1.83. The van der Waals surface area contributed by atoms with Crippen LogP contribution in [0.15, 0.2) is 47.5 Å². The third-order valence-electron chi connectivity index (χ3n) is 9.32. The van der Waals surface area contributed by atoms with Crippen molar-refractivity contribution in [2.45, 2.75) is 90.5 Å². The van der Waals surface area contributed by atoms with Crippen LogP contribution in [-0.2, 0) is 4.79 Å². The first-order chi connectivity index (χ1) is 20.9. The Balaban J connectivity index is 1.44. The van der Waals surface area contributed by atoms with Gasteiger partial charge in [0.2, 0.25) is 0 Å². The van der Waals surface area contributed by atoms with E-state index in [1.54, 1.807) is 11.2 Å². The van der Waals surface area contributed by atoms with Crippen molar-refractivity contribution in [3.63, 3.8) is 0 Å². The summed E-state index contributed by atoms with van der Waals surface area (Å²) in [6.45, 7) is 9.37. The largest absolute Gasteiger partial charge is 0.349 e. The zero-order valence-electron chi connectivity index (χ0n) is 26.3. The van der Waals surface area contributed by atoms with Gasteiger partial charge in [0.05, 0.1) is 11.1 Å². The molecular formula is C33H45ClFN7O2. The van der Waals surface area contributed by atoms with Gasteiger partial charge in [-0.05, 0) is 79.3 Å². The van der Waals surface area contributed by atoms with Crippen LogP contribution in [-0.4, -0.2) is 53.0 Å². The minimum absolute atomic E-state index is 0.0267. The van der Waals surface area contributed by atoms with E-state index in [-0.39, 0.29) is 34.5 Å². The smallest absolute Gasteiger partial charge is 0.275 e. The summed E-state index contributed by atoms with van der Waals surface area (Å²) in [5, 5.41) is 4.61. The lowest BCUT2D eigenvalue weighted by molar-refractivity contribution is -0.133. The maximum absolute atomic E-state index is 14.4. The first-order valence-corrected chi connectivity index (χ1v) is 16.1. The number of nitrogens with one attached hydrogen (secondary N) is 4. The van der Waals surface area contributed by atoms with Crippen LogP contribution in [0.3, 0.4) is 0 Å². The van der Waals surface area contributed by atoms with Gasteiger partial charge in [0.25, 0.3) is 11.8 Å². The lowest BCUT2D eigenvalue weighted by Crippen LogP contribution is -2.51. The van der Waals surface area contributed by atoms with Gasteiger partial charge in [0.1, 0.15) is 23.4 Å². The Morgan fingerprint density at radius 1 is 1.18 bits per heavy atom. The van der Waals surface area contributed by atoms with Crippen LogP contribution in [0, 0.1) is 17.2 Å². The second-order valence-electron chi connectivity index (χ2n) is 13.4. The average molecular weight is 626 g/mol. The fourth-order valence-electron chi connectivity index (χ4n) is 6.74. The molecule has 3 aliphatic rings. The van der Waals surface area contributed by atoms with Crippen LogP contribution in [0.25, 0.3) is 0 Å². The molecule has 0 bridgehead atoms. The van der Waals surface area contributed by atoms with Gasteiger partial charge in [-0.15, -0.1) is 0 Å². The summed E-state index contributed by atoms with van der Waals surface area (Å²) in [5.41, 5.74) is 10.9. The lowest BCUT2D eigenvalue weighted by Gasteiger charge is -2.47. The Hall–Kier alpha value is -2.89. The molecule has 1 aliphatic carbocycles. The molecule has 1 unspecified atom stereocenters. The Labute approximate surface area is 264 Å². The summed E-state index contributed by atoms with van der Waals surface area (Å²) in [5.74, 6) is -0.321. The maximum Gasteiger partial charge on any atom is 0.275 e. The number of halogens is 2. The Morgan fingerprint density at radius 2 is 1.89 bits per heavy atom. The fraction of sp³-hybridized carbons (Fsp3) is 0.545. The Kier molecular flexibility index (Phi) is 9.77. The highest BCUT2D eigenvalue weighted by atomic mass is 35.5. The molecule has 11 heteroatoms. The molecule has 238 valence electrons. The molecule has 2 aliphatic heterocycles. The van der Waals surface area contributed by atoms with Crippen LogP contribution in [0.1, 0.15) is 100 Å². The first kappa shape index (κ1) is 32.5. The molecule has 2 aromatic carbocycles. The number of hydrogen-bond donors (Lipinski definition) is 4. The number of carbonyl (C=O) groups is 2. The van der Waals surface area contributed by atoms with E-state index in [0.29, 0.717) is 29.3 Å². The summed E-state index contributed by atoms with van der Waals surface area (Å²) >= 11 is 6.16. The SMILES string of the molecule is CCCC[C@H](c1ccc(C(=O)NCC2NNN(C)N2)cc1)N1C(=O)C(c2ccc(F)c(Cl)c2)=NC12CCC(C(C)(C)C)CC2. The van der Waals surface area contributed by atoms with Crippen molar-refractivity contribution >= 4 is 29.1 Å². The zero-order chi connectivity index (χ0) is 31.6. The molecule has 2 aromatic rings. The van der Waals surface area contributed by atoms with Gasteiger partial charge in [-0.3, -0.25) is 14.6 Å². The molecule has 2 atom stereocenters. The standard InChI is InChI=1S/C33H45ClFN7O2/c1-6-7-8-27(21-9-11-22(12-10-21)30(43)36-20-28-38-40-41(5)39-28)42-31(44)29(23-13-14-26(35)25(34)19-23)37-33(42)17-15-24(16-18-33)32(2,3)4/h9-14,19,24,27-28,38-40H,6-8,15-18,20H2,1-5H3,(H,36,43)/t24?,27-,28?,33?/m1/s1. The van der Waals surface area contributed by atoms with Crippen molar-refractivity contribution in [1.82, 2.24) is 31.7 Å². The molecule has 2 amide bonds. The second-order valence-corrected chi connectivity index (χ2v) is 13.8. The number of benzene rings is 2. The van der Waals surface area contributed by atoms with Gasteiger partial charge in [-0.2, -0.15) is 10.7 Å². The normalized spacial score (nSPS) is 25.0. The molecule has 0 radical (unpaired) electrons. The summed E-state index contributed by atoms with van der Waals surface area (Å²) in [6.07, 6.45) is 5.99. The van der Waals surface area contributed by atoms with Gasteiger partial charge in [0.15, 0.2) is 0 Å². The van der Waals surface area contributed by atoms with Gasteiger partial charge >= 0.3 is 0 Å². The number of aliphatic imine (C=N–C) groups is 1. The number of rotatable bonds is 9. The van der Waals surface area contributed by atoms with Gasteiger partial charge in [0, 0.05) is 24.7 Å². The predicted molar refractivity (Wildman–Crippen MR) is 171 cm³/mol. The van der Waals surface area contributed by atoms with E-state index < -0.39 is 11.5 Å². The zero-order valence-corrected chi connectivity index (χ0v) is 27.1. The van der Waals surface area contributed by atoms with Crippen molar-refractivity contribution in [3.8, 4) is 0 Å². The molecule has 1 saturated heterocycles. The molecule has 44 heavy (non-hydrogen) atoms. The third-order valence-corrected chi connectivity index (χ3v) is 9.61. The van der Waals surface area contributed by atoms with Gasteiger partial charge in [-0.1, -0.05) is 64.3 Å². The van der Waals surface area contributed by atoms with Crippen LogP contribution < -0.4 is 21.7 Å². The molecule has 1 spiro atoms. The number of hydrogen-bond acceptors (Lipinski definition) is 7. The number of amides is 2. The van der Waals surface area contributed by atoms with E-state index in [9.17, 15) is 14.0 Å². The highest BCUT2D eigenvalue weighted by Crippen LogP contribution is 2.50. The second kappa shape index (κ2) is 13.2. The average Bonchev–Trinajstić information content (AvgIpc) is 3.53. The predicted octanol–water partition coefficient (Wildman–Crippen LogP) is 5.49. The molecular weight excluding hydrogens is 581 g/mol. The minimum Gasteiger partial charge on any atom is -0.349 e. The highest BCUT2D eigenvalue weighted by molar-refractivity contribution is 6.47. The van der Waals surface area contributed by atoms with Crippen molar-refractivity contribution in [2.75, 3.05) is 13.6 Å². The van der Waals surface area contributed by atoms with Crippen LogP contribution >= 0.6 is 11.6 Å². The van der Waals surface area contributed by atoms with Crippen LogP contribution in [0.4, 0.5) is 4.39 Å². The van der Waals surface area contributed by atoms with Gasteiger partial charge < -0.3 is 10.2 Å². The van der Waals surface area contributed by atoms with Crippen molar-refractivity contribution in [1.29, 1.82) is 0 Å². The third kappa shape index (κ3) is 6.84. The fourth-order valence-corrected chi connectivity index (χ4v) is 6.92. The first-order valence-electron chi connectivity index (χ1n) is 15.7. The van der Waals surface area contributed by atoms with E-state index in [1.165, 1.54) is 12.1 Å². The molecule has 2 fully saturated rings. The molecule has 4 N–H and O–H groups in total. The van der Waals surface area contributed by atoms with Crippen LogP contribution in [0.5, 0.6) is 0 Å². The molecule has 2 heterocycles. The topological polar surface area (TPSA) is 101 Å². The van der Waals surface area contributed by atoms with Gasteiger partial charge in [-0.25, -0.2) is 15.2 Å². The van der Waals surface area contributed by atoms with E-state index >= 15 is 0 Å². The van der Waals surface area contributed by atoms with E-state index in [2.05, 4.69) is 49.4 Å². The monoisotopic (exact) mass is 625 g/mol. The number of unbranched alkanes of at least 4 members (excludes halogenated alkanes) is 1.